The van der Waals surface area contributed by atoms with Gasteiger partial charge in [-0.2, -0.15) is 4.37 Å². The van der Waals surface area contributed by atoms with Gasteiger partial charge in [0, 0.05) is 68.5 Å². The van der Waals surface area contributed by atoms with Gasteiger partial charge in [-0.3, -0.25) is 4.99 Å². The lowest BCUT2D eigenvalue weighted by molar-refractivity contribution is 0.371. The van der Waals surface area contributed by atoms with Crippen molar-refractivity contribution in [3.8, 4) is 0 Å². The van der Waals surface area contributed by atoms with Crippen molar-refractivity contribution in [1.82, 2.24) is 19.6 Å². The van der Waals surface area contributed by atoms with Gasteiger partial charge in [-0.15, -0.1) is 11.3 Å². The van der Waals surface area contributed by atoms with Crippen LogP contribution in [0.25, 0.3) is 0 Å². The van der Waals surface area contributed by atoms with Crippen LogP contribution in [0.15, 0.2) is 22.5 Å². The second kappa shape index (κ2) is 8.62. The van der Waals surface area contributed by atoms with Gasteiger partial charge < -0.3 is 15.1 Å². The Morgan fingerprint density at radius 2 is 2.16 bits per heavy atom. The van der Waals surface area contributed by atoms with Gasteiger partial charge in [0.1, 0.15) is 5.82 Å². The molecule has 1 fully saturated rings. The summed E-state index contributed by atoms with van der Waals surface area (Å²) in [6.07, 6.45) is 0.898. The van der Waals surface area contributed by atoms with Gasteiger partial charge in [0.05, 0.1) is 0 Å². The third-order valence-corrected chi connectivity index (χ3v) is 6.35. The van der Waals surface area contributed by atoms with Crippen molar-refractivity contribution in [1.29, 1.82) is 0 Å². The van der Waals surface area contributed by atoms with Gasteiger partial charge in [-0.25, -0.2) is 4.98 Å². The highest BCUT2D eigenvalue weighted by Crippen LogP contribution is 2.21. The maximum atomic E-state index is 4.60. The highest BCUT2D eigenvalue weighted by Gasteiger charge is 2.22. The van der Waals surface area contributed by atoms with Crippen molar-refractivity contribution >= 4 is 34.0 Å². The molecule has 1 saturated heterocycles. The van der Waals surface area contributed by atoms with E-state index in [0.29, 0.717) is 5.92 Å². The van der Waals surface area contributed by atoms with E-state index in [9.17, 15) is 0 Å². The molecule has 2 aromatic heterocycles. The number of guanidine groups is 1. The van der Waals surface area contributed by atoms with Crippen LogP contribution in [0.1, 0.15) is 30.5 Å². The third-order valence-electron chi connectivity index (χ3n) is 4.43. The molecule has 0 amide bonds. The number of aliphatic imine (C=N–C) groups is 1. The van der Waals surface area contributed by atoms with Crippen LogP contribution in [0.4, 0.5) is 5.13 Å². The molecule has 0 bridgehead atoms. The predicted octanol–water partition coefficient (Wildman–Crippen LogP) is 2.66. The van der Waals surface area contributed by atoms with E-state index in [1.165, 1.54) is 16.4 Å². The van der Waals surface area contributed by atoms with Gasteiger partial charge in [0.25, 0.3) is 0 Å². The smallest absolute Gasteiger partial charge is 0.205 e. The number of piperazine rings is 1. The van der Waals surface area contributed by atoms with Crippen LogP contribution < -0.4 is 10.2 Å². The van der Waals surface area contributed by atoms with Crippen LogP contribution in [0.2, 0.25) is 0 Å². The number of aromatic nitrogens is 2. The Morgan fingerprint density at radius 1 is 1.36 bits per heavy atom. The molecule has 25 heavy (non-hydrogen) atoms. The quantitative estimate of drug-likeness (QED) is 0.640. The van der Waals surface area contributed by atoms with Crippen molar-refractivity contribution in [3.05, 3.63) is 28.2 Å². The number of rotatable bonds is 5. The Balaban J connectivity index is 1.50. The van der Waals surface area contributed by atoms with Crippen molar-refractivity contribution in [2.75, 3.05) is 44.7 Å². The molecule has 8 heteroatoms. The molecule has 6 nitrogen and oxygen atoms in total. The molecule has 0 aliphatic carbocycles. The predicted molar refractivity (Wildman–Crippen MR) is 107 cm³/mol. The molecule has 3 rings (SSSR count). The van der Waals surface area contributed by atoms with Crippen LogP contribution >= 0.6 is 22.9 Å². The standard InChI is InChI=1S/C17H26N6S2/c1-4-15-20-17(25-21-15)23-9-7-22(8-10-23)16(18-3)19-12-13(2)14-6-5-11-24-14/h5-6,11,13H,4,7-10,12H2,1-3H3,(H,18,19). The molecule has 136 valence electrons. The monoisotopic (exact) mass is 378 g/mol. The molecule has 1 aliphatic heterocycles. The summed E-state index contributed by atoms with van der Waals surface area (Å²) in [6.45, 7) is 9.08. The first-order chi connectivity index (χ1) is 12.2. The number of nitrogens with one attached hydrogen (secondary N) is 1. The zero-order chi connectivity index (χ0) is 17.6. The first-order valence-electron chi connectivity index (χ1n) is 8.77. The van der Waals surface area contributed by atoms with E-state index < -0.39 is 0 Å². The summed E-state index contributed by atoms with van der Waals surface area (Å²) in [4.78, 5) is 15.1. The molecular weight excluding hydrogens is 352 g/mol. The fourth-order valence-corrected chi connectivity index (χ4v) is 4.46. The lowest BCUT2D eigenvalue weighted by Gasteiger charge is -2.36. The van der Waals surface area contributed by atoms with E-state index in [4.69, 9.17) is 0 Å². The van der Waals surface area contributed by atoms with Gasteiger partial charge in [0.2, 0.25) is 5.13 Å². The second-order valence-electron chi connectivity index (χ2n) is 6.17. The average molecular weight is 379 g/mol. The van der Waals surface area contributed by atoms with Gasteiger partial charge in [-0.1, -0.05) is 19.9 Å². The zero-order valence-electron chi connectivity index (χ0n) is 15.1. The number of hydrogen-bond acceptors (Lipinski definition) is 6. The Morgan fingerprint density at radius 3 is 2.76 bits per heavy atom. The highest BCUT2D eigenvalue weighted by molar-refractivity contribution is 7.10. The molecule has 0 saturated carbocycles. The summed E-state index contributed by atoms with van der Waals surface area (Å²) in [5, 5.41) is 6.72. The molecular formula is C17H26N6S2. The van der Waals surface area contributed by atoms with Crippen LogP contribution in [-0.2, 0) is 6.42 Å². The molecule has 1 N–H and O–H groups in total. The fraction of sp³-hybridized carbons (Fsp3) is 0.588. The van der Waals surface area contributed by atoms with Crippen LogP contribution in [-0.4, -0.2) is 60.0 Å². The summed E-state index contributed by atoms with van der Waals surface area (Å²) in [7, 11) is 1.86. The number of anilines is 1. The molecule has 2 aromatic rings. The number of nitrogens with zero attached hydrogens (tertiary/aromatic N) is 5. The Hall–Kier alpha value is -1.67. The molecule has 0 radical (unpaired) electrons. The lowest BCUT2D eigenvalue weighted by atomic mass is 10.1. The summed E-state index contributed by atoms with van der Waals surface area (Å²) in [6, 6.07) is 4.31. The van der Waals surface area contributed by atoms with Crippen LogP contribution in [0.3, 0.4) is 0 Å². The fourth-order valence-electron chi connectivity index (χ4n) is 2.88. The molecule has 1 aliphatic rings. The van der Waals surface area contributed by atoms with E-state index in [1.807, 2.05) is 18.4 Å². The SMILES string of the molecule is CCc1nsc(N2CCN(C(=NC)NCC(C)c3cccs3)CC2)n1. The van der Waals surface area contributed by atoms with Gasteiger partial charge in [0.15, 0.2) is 5.96 Å². The number of aryl methyl sites for hydroxylation is 1. The van der Waals surface area contributed by atoms with Gasteiger partial charge in [-0.05, 0) is 11.4 Å². The maximum absolute atomic E-state index is 4.60. The normalized spacial score (nSPS) is 17.0. The zero-order valence-corrected chi connectivity index (χ0v) is 16.7. The maximum Gasteiger partial charge on any atom is 0.205 e. The van der Waals surface area contributed by atoms with Crippen LogP contribution in [0, 0.1) is 0 Å². The Labute approximate surface area is 157 Å². The molecule has 0 spiro atoms. The topological polar surface area (TPSA) is 56.7 Å². The van der Waals surface area contributed by atoms with Crippen molar-refractivity contribution in [3.63, 3.8) is 0 Å². The van der Waals surface area contributed by atoms with E-state index in [1.54, 1.807) is 0 Å². The molecule has 1 unspecified atom stereocenters. The number of thiophene rings is 1. The summed E-state index contributed by atoms with van der Waals surface area (Å²) >= 11 is 3.33. The lowest BCUT2D eigenvalue weighted by Crippen LogP contribution is -2.53. The first kappa shape index (κ1) is 18.1. The van der Waals surface area contributed by atoms with Gasteiger partial charge >= 0.3 is 0 Å². The largest absolute Gasteiger partial charge is 0.356 e. The van der Waals surface area contributed by atoms with E-state index >= 15 is 0 Å². The third kappa shape index (κ3) is 4.49. The minimum Gasteiger partial charge on any atom is -0.356 e. The van der Waals surface area contributed by atoms with E-state index in [-0.39, 0.29) is 0 Å². The number of hydrogen-bond donors (Lipinski definition) is 1. The van der Waals surface area contributed by atoms with E-state index in [2.05, 4.69) is 60.8 Å². The first-order valence-corrected chi connectivity index (χ1v) is 10.4. The minimum absolute atomic E-state index is 0.492. The second-order valence-corrected chi connectivity index (χ2v) is 7.87. The van der Waals surface area contributed by atoms with Crippen molar-refractivity contribution in [2.45, 2.75) is 26.2 Å². The van der Waals surface area contributed by atoms with Crippen LogP contribution in [0.5, 0.6) is 0 Å². The minimum atomic E-state index is 0.492. The summed E-state index contributed by atoms with van der Waals surface area (Å²) in [5.41, 5.74) is 0. The van der Waals surface area contributed by atoms with Crippen molar-refractivity contribution in [2.24, 2.45) is 4.99 Å². The summed E-state index contributed by atoms with van der Waals surface area (Å²) < 4.78 is 4.39. The summed E-state index contributed by atoms with van der Waals surface area (Å²) in [5.74, 6) is 2.43. The molecule has 1 atom stereocenters. The molecule has 3 heterocycles. The Kier molecular flexibility index (Phi) is 6.25. The highest BCUT2D eigenvalue weighted by atomic mass is 32.1. The van der Waals surface area contributed by atoms with E-state index in [0.717, 1.165) is 56.1 Å². The molecule has 0 aromatic carbocycles. The Bertz CT molecular complexity index is 673. The average Bonchev–Trinajstić information content (AvgIpc) is 3.34. The van der Waals surface area contributed by atoms with Crippen molar-refractivity contribution < 1.29 is 0 Å².